The first-order valence-corrected chi connectivity index (χ1v) is 12.8. The van der Waals surface area contributed by atoms with Gasteiger partial charge in [-0.25, -0.2) is 4.79 Å². The Hall–Kier alpha value is -3.63. The third kappa shape index (κ3) is 6.32. The number of carbonyl (C=O) groups excluding carboxylic acids is 2. The van der Waals surface area contributed by atoms with E-state index >= 15 is 0 Å². The van der Waals surface area contributed by atoms with E-state index in [1.54, 1.807) is 17.0 Å². The van der Waals surface area contributed by atoms with Gasteiger partial charge in [-0.1, -0.05) is 88.7 Å². The van der Waals surface area contributed by atoms with Gasteiger partial charge in [0.05, 0.1) is 23.7 Å². The van der Waals surface area contributed by atoms with Crippen LogP contribution in [-0.2, 0) is 28.9 Å². The number of esters is 1. The van der Waals surface area contributed by atoms with Crippen LogP contribution in [0.15, 0.2) is 84.9 Å². The summed E-state index contributed by atoms with van der Waals surface area (Å²) in [5.41, 5.74) is 3.52. The first-order chi connectivity index (χ1) is 17.4. The number of carbonyl (C=O) groups is 2. The van der Waals surface area contributed by atoms with Crippen LogP contribution < -0.4 is 5.32 Å². The number of amides is 2. The number of hydrogen-bond acceptors (Lipinski definition) is 4. The van der Waals surface area contributed by atoms with Gasteiger partial charge in [-0.15, -0.1) is 0 Å². The van der Waals surface area contributed by atoms with Crippen molar-refractivity contribution < 1.29 is 14.3 Å². The number of hydrogen-bond donors (Lipinski definition) is 1. The van der Waals surface area contributed by atoms with Gasteiger partial charge in [-0.05, 0) is 41.7 Å². The van der Waals surface area contributed by atoms with E-state index in [1.165, 1.54) is 6.92 Å². The summed E-state index contributed by atoms with van der Waals surface area (Å²) in [6.07, 6.45) is 0.588. The lowest BCUT2D eigenvalue weighted by Gasteiger charge is -2.46. The molecule has 4 rings (SSSR count). The van der Waals surface area contributed by atoms with Crippen molar-refractivity contribution in [3.63, 3.8) is 0 Å². The summed E-state index contributed by atoms with van der Waals surface area (Å²) in [6, 6.07) is 28.2. The van der Waals surface area contributed by atoms with E-state index in [4.69, 9.17) is 4.74 Å². The molecule has 0 unspecified atom stereocenters. The van der Waals surface area contributed by atoms with Crippen LogP contribution in [0.25, 0.3) is 0 Å². The SMILES string of the molecule is CC(=O)O[C@@H]1[C@@H]([C@@H](Br)Cc2ccccc2)NC(=O)N(Cc2cccc(C#N)c2)[C@@H]1Cc1ccccc1. The van der Waals surface area contributed by atoms with Gasteiger partial charge in [-0.2, -0.15) is 5.26 Å². The average molecular weight is 546 g/mol. The third-order valence-electron chi connectivity index (χ3n) is 6.35. The lowest BCUT2D eigenvalue weighted by molar-refractivity contribution is -0.152. The Morgan fingerprint density at radius 1 is 1.03 bits per heavy atom. The van der Waals surface area contributed by atoms with E-state index in [1.807, 2.05) is 72.8 Å². The summed E-state index contributed by atoms with van der Waals surface area (Å²) in [4.78, 5) is 27.4. The van der Waals surface area contributed by atoms with Gasteiger partial charge in [0.1, 0.15) is 6.10 Å². The van der Waals surface area contributed by atoms with Crippen molar-refractivity contribution >= 4 is 27.9 Å². The largest absolute Gasteiger partial charge is 0.458 e. The quantitative estimate of drug-likeness (QED) is 0.319. The zero-order chi connectivity index (χ0) is 25.5. The fourth-order valence-corrected chi connectivity index (χ4v) is 5.49. The van der Waals surface area contributed by atoms with E-state index < -0.39 is 24.2 Å². The molecule has 0 aliphatic carbocycles. The molecule has 1 fully saturated rings. The number of nitrogens with one attached hydrogen (secondary N) is 1. The smallest absolute Gasteiger partial charge is 0.318 e. The second-order valence-electron chi connectivity index (χ2n) is 8.95. The lowest BCUT2D eigenvalue weighted by Crippen LogP contribution is -2.68. The average Bonchev–Trinajstić information content (AvgIpc) is 2.88. The standard InChI is InChI=1S/C29H28BrN3O3/c1-20(34)36-28-26(17-22-11-6-3-7-12-22)33(19-24-14-8-13-23(15-24)18-31)29(35)32-27(28)25(30)16-21-9-4-2-5-10-21/h2-15,25-28H,16-17,19H2,1H3,(H,32,35)/t25-,26+,27+,28-/m0/s1. The number of nitriles is 1. The number of alkyl halides is 1. The van der Waals surface area contributed by atoms with Crippen LogP contribution in [-0.4, -0.2) is 39.9 Å². The van der Waals surface area contributed by atoms with Crippen molar-refractivity contribution in [2.45, 2.75) is 49.3 Å². The topological polar surface area (TPSA) is 82.4 Å². The molecular weight excluding hydrogens is 518 g/mol. The van der Waals surface area contributed by atoms with E-state index in [0.717, 1.165) is 16.7 Å². The molecule has 0 aromatic heterocycles. The van der Waals surface area contributed by atoms with Gasteiger partial charge in [0, 0.05) is 18.3 Å². The normalized spacial score (nSPS) is 20.2. The Bertz CT molecular complexity index is 1230. The van der Waals surface area contributed by atoms with E-state index in [2.05, 4.69) is 27.3 Å². The van der Waals surface area contributed by atoms with Gasteiger partial charge in [0.15, 0.2) is 0 Å². The molecule has 4 atom stereocenters. The van der Waals surface area contributed by atoms with Crippen LogP contribution in [0.3, 0.4) is 0 Å². The van der Waals surface area contributed by atoms with Gasteiger partial charge in [0.25, 0.3) is 0 Å². The third-order valence-corrected chi connectivity index (χ3v) is 7.24. The minimum Gasteiger partial charge on any atom is -0.458 e. The molecule has 1 saturated heterocycles. The van der Waals surface area contributed by atoms with Gasteiger partial charge >= 0.3 is 12.0 Å². The zero-order valence-corrected chi connectivity index (χ0v) is 21.6. The highest BCUT2D eigenvalue weighted by molar-refractivity contribution is 9.09. The highest BCUT2D eigenvalue weighted by atomic mass is 79.9. The fourth-order valence-electron chi connectivity index (χ4n) is 4.69. The maximum Gasteiger partial charge on any atom is 0.318 e. The second-order valence-corrected chi connectivity index (χ2v) is 10.1. The summed E-state index contributed by atoms with van der Waals surface area (Å²) < 4.78 is 5.93. The zero-order valence-electron chi connectivity index (χ0n) is 20.0. The van der Waals surface area contributed by atoms with Crippen molar-refractivity contribution in [1.29, 1.82) is 5.26 Å². The van der Waals surface area contributed by atoms with Crippen molar-refractivity contribution in [2.24, 2.45) is 0 Å². The number of benzene rings is 3. The summed E-state index contributed by atoms with van der Waals surface area (Å²) >= 11 is 3.79. The molecule has 0 bridgehead atoms. The molecule has 36 heavy (non-hydrogen) atoms. The van der Waals surface area contributed by atoms with Crippen LogP contribution >= 0.6 is 15.9 Å². The second kappa shape index (κ2) is 11.9. The van der Waals surface area contributed by atoms with Crippen molar-refractivity contribution in [2.75, 3.05) is 0 Å². The predicted octanol–water partition coefficient (Wildman–Crippen LogP) is 5.00. The molecule has 0 spiro atoms. The van der Waals surface area contributed by atoms with E-state index in [0.29, 0.717) is 18.4 Å². The number of urea groups is 1. The maximum atomic E-state index is 13.5. The fraction of sp³-hybridized carbons (Fsp3) is 0.276. The lowest BCUT2D eigenvalue weighted by atomic mass is 9.89. The molecule has 6 nitrogen and oxygen atoms in total. The van der Waals surface area contributed by atoms with Crippen molar-refractivity contribution in [1.82, 2.24) is 10.2 Å². The molecular formula is C29H28BrN3O3. The van der Waals surface area contributed by atoms with Crippen molar-refractivity contribution in [3.8, 4) is 6.07 Å². The number of nitrogens with zero attached hydrogens (tertiary/aromatic N) is 2. The number of halogens is 1. The first kappa shape index (κ1) is 25.5. The molecule has 0 saturated carbocycles. The molecule has 3 aromatic carbocycles. The Morgan fingerprint density at radius 3 is 2.31 bits per heavy atom. The molecule has 3 aromatic rings. The Labute approximate surface area is 220 Å². The maximum absolute atomic E-state index is 13.5. The highest BCUT2D eigenvalue weighted by Crippen LogP contribution is 2.29. The number of ether oxygens (including phenoxy) is 1. The molecule has 7 heteroatoms. The monoisotopic (exact) mass is 545 g/mol. The molecule has 2 amide bonds. The van der Waals surface area contributed by atoms with Crippen LogP contribution in [0, 0.1) is 11.3 Å². The van der Waals surface area contributed by atoms with Gasteiger partial charge in [0.2, 0.25) is 0 Å². The molecule has 1 N–H and O–H groups in total. The Balaban J connectivity index is 1.69. The summed E-state index contributed by atoms with van der Waals surface area (Å²) in [5.74, 6) is -0.398. The minimum absolute atomic E-state index is 0.157. The molecule has 0 radical (unpaired) electrons. The minimum atomic E-state index is -0.590. The van der Waals surface area contributed by atoms with Crippen LogP contribution in [0.4, 0.5) is 4.79 Å². The van der Waals surface area contributed by atoms with Crippen LogP contribution in [0.5, 0.6) is 0 Å². The van der Waals surface area contributed by atoms with E-state index in [-0.39, 0.29) is 17.4 Å². The van der Waals surface area contributed by atoms with Crippen LogP contribution in [0.1, 0.15) is 29.2 Å². The Morgan fingerprint density at radius 2 is 1.67 bits per heavy atom. The van der Waals surface area contributed by atoms with Crippen molar-refractivity contribution in [3.05, 3.63) is 107 Å². The molecule has 1 aliphatic heterocycles. The van der Waals surface area contributed by atoms with Gasteiger partial charge < -0.3 is 15.0 Å². The highest BCUT2D eigenvalue weighted by Gasteiger charge is 2.46. The molecule has 1 aliphatic rings. The molecule has 184 valence electrons. The number of rotatable bonds is 8. The van der Waals surface area contributed by atoms with Gasteiger partial charge in [-0.3, -0.25) is 4.79 Å². The first-order valence-electron chi connectivity index (χ1n) is 11.9. The molecule has 1 heterocycles. The summed E-state index contributed by atoms with van der Waals surface area (Å²) in [6.45, 7) is 1.68. The Kier molecular flexibility index (Phi) is 8.40. The summed E-state index contributed by atoms with van der Waals surface area (Å²) in [5, 5.41) is 12.4. The summed E-state index contributed by atoms with van der Waals surface area (Å²) in [7, 11) is 0. The van der Waals surface area contributed by atoms with E-state index in [9.17, 15) is 14.9 Å². The predicted molar refractivity (Wildman–Crippen MR) is 141 cm³/mol. The van der Waals surface area contributed by atoms with Crippen LogP contribution in [0.2, 0.25) is 0 Å².